The standard InChI is InChI=1S/C25H20N2O4/c1-2-16-31-19-13-11-18(12-14-19)23(28)21-22(17-8-4-3-5-9-17)27(25(30)24(21)29)20-10-6-7-15-26-20/h2-15,22,28H,1,16H2/b23-21+/t22-/m1/s1. The Kier molecular flexibility index (Phi) is 5.62. The number of ether oxygens (including phenoxy) is 1. The van der Waals surface area contributed by atoms with E-state index in [0.29, 0.717) is 29.3 Å². The van der Waals surface area contributed by atoms with Crippen LogP contribution in [0.25, 0.3) is 5.76 Å². The average molecular weight is 412 g/mol. The maximum atomic E-state index is 13.0. The summed E-state index contributed by atoms with van der Waals surface area (Å²) in [5.41, 5.74) is 1.12. The lowest BCUT2D eigenvalue weighted by atomic mass is 9.95. The Morgan fingerprint density at radius 1 is 1.03 bits per heavy atom. The van der Waals surface area contributed by atoms with Crippen molar-refractivity contribution < 1.29 is 19.4 Å². The van der Waals surface area contributed by atoms with E-state index in [9.17, 15) is 14.7 Å². The number of rotatable bonds is 6. The molecule has 0 spiro atoms. The van der Waals surface area contributed by atoms with Gasteiger partial charge in [-0.25, -0.2) is 4.98 Å². The summed E-state index contributed by atoms with van der Waals surface area (Å²) in [5, 5.41) is 11.1. The molecule has 154 valence electrons. The van der Waals surface area contributed by atoms with Gasteiger partial charge in [-0.1, -0.05) is 49.1 Å². The average Bonchev–Trinajstić information content (AvgIpc) is 3.09. The molecule has 1 aliphatic heterocycles. The minimum atomic E-state index is -0.798. The van der Waals surface area contributed by atoms with E-state index in [-0.39, 0.29) is 11.3 Å². The number of amides is 1. The minimum Gasteiger partial charge on any atom is -0.507 e. The fourth-order valence-electron chi connectivity index (χ4n) is 3.54. The van der Waals surface area contributed by atoms with Gasteiger partial charge >= 0.3 is 5.91 Å². The van der Waals surface area contributed by atoms with Crippen LogP contribution < -0.4 is 9.64 Å². The first-order chi connectivity index (χ1) is 15.1. The van der Waals surface area contributed by atoms with Gasteiger partial charge in [-0.15, -0.1) is 0 Å². The molecule has 2 heterocycles. The number of aliphatic hydroxyl groups excluding tert-OH is 1. The molecule has 1 fully saturated rings. The Labute approximate surface area is 179 Å². The number of anilines is 1. The molecule has 1 N–H and O–H groups in total. The third kappa shape index (κ3) is 3.83. The molecule has 0 aliphatic carbocycles. The third-order valence-electron chi connectivity index (χ3n) is 4.95. The van der Waals surface area contributed by atoms with E-state index in [0.717, 1.165) is 0 Å². The highest BCUT2D eigenvalue weighted by Gasteiger charge is 2.47. The molecular formula is C25H20N2O4. The number of aliphatic hydroxyl groups is 1. The van der Waals surface area contributed by atoms with Crippen LogP contribution in [0.3, 0.4) is 0 Å². The molecule has 31 heavy (non-hydrogen) atoms. The number of ketones is 1. The Hall–Kier alpha value is -4.19. The Morgan fingerprint density at radius 2 is 1.74 bits per heavy atom. The largest absolute Gasteiger partial charge is 0.507 e. The predicted octanol–water partition coefficient (Wildman–Crippen LogP) is 4.27. The van der Waals surface area contributed by atoms with Crippen molar-refractivity contribution in [2.75, 3.05) is 11.5 Å². The number of hydrogen-bond donors (Lipinski definition) is 1. The number of hydrogen-bond acceptors (Lipinski definition) is 5. The van der Waals surface area contributed by atoms with Gasteiger partial charge in [-0.05, 0) is 42.0 Å². The van der Waals surface area contributed by atoms with Crippen molar-refractivity contribution in [3.8, 4) is 5.75 Å². The van der Waals surface area contributed by atoms with Crippen LogP contribution in [0.2, 0.25) is 0 Å². The van der Waals surface area contributed by atoms with Gasteiger partial charge < -0.3 is 9.84 Å². The van der Waals surface area contributed by atoms with Crippen LogP contribution >= 0.6 is 0 Å². The molecule has 6 nitrogen and oxygen atoms in total. The summed E-state index contributed by atoms with van der Waals surface area (Å²) < 4.78 is 5.47. The molecule has 6 heteroatoms. The van der Waals surface area contributed by atoms with Crippen molar-refractivity contribution >= 4 is 23.3 Å². The van der Waals surface area contributed by atoms with E-state index < -0.39 is 17.7 Å². The number of carbonyl (C=O) groups excluding carboxylic acids is 2. The molecule has 1 aliphatic rings. The summed E-state index contributed by atoms with van der Waals surface area (Å²) in [6, 6.07) is 20.1. The zero-order valence-corrected chi connectivity index (χ0v) is 16.6. The highest BCUT2D eigenvalue weighted by atomic mass is 16.5. The lowest BCUT2D eigenvalue weighted by Crippen LogP contribution is -2.30. The van der Waals surface area contributed by atoms with E-state index in [1.807, 2.05) is 30.3 Å². The normalized spacial score (nSPS) is 17.5. The van der Waals surface area contributed by atoms with Gasteiger partial charge in [0.05, 0.1) is 11.6 Å². The van der Waals surface area contributed by atoms with Crippen LogP contribution in [0.5, 0.6) is 5.75 Å². The zero-order chi connectivity index (χ0) is 21.8. The van der Waals surface area contributed by atoms with Gasteiger partial charge in [-0.3, -0.25) is 14.5 Å². The fraction of sp³-hybridized carbons (Fsp3) is 0.0800. The molecule has 0 unspecified atom stereocenters. The van der Waals surface area contributed by atoms with Crippen LogP contribution in [0, 0.1) is 0 Å². The monoisotopic (exact) mass is 412 g/mol. The Morgan fingerprint density at radius 3 is 2.39 bits per heavy atom. The molecule has 0 saturated carbocycles. The SMILES string of the molecule is C=CCOc1ccc(/C(O)=C2\C(=O)C(=O)N(c3ccccn3)[C@@H]2c2ccccc2)cc1. The van der Waals surface area contributed by atoms with Crippen molar-refractivity contribution in [3.63, 3.8) is 0 Å². The second-order valence-corrected chi connectivity index (χ2v) is 6.89. The van der Waals surface area contributed by atoms with E-state index in [1.165, 1.54) is 4.90 Å². The highest BCUT2D eigenvalue weighted by molar-refractivity contribution is 6.51. The minimum absolute atomic E-state index is 0.0154. The predicted molar refractivity (Wildman–Crippen MR) is 118 cm³/mol. The molecular weight excluding hydrogens is 392 g/mol. The first-order valence-corrected chi connectivity index (χ1v) is 9.73. The summed E-state index contributed by atoms with van der Waals surface area (Å²) in [4.78, 5) is 31.6. The number of nitrogens with zero attached hydrogens (tertiary/aromatic N) is 2. The van der Waals surface area contributed by atoms with Crippen LogP contribution in [0.4, 0.5) is 5.82 Å². The second-order valence-electron chi connectivity index (χ2n) is 6.89. The topological polar surface area (TPSA) is 79.7 Å². The molecule has 1 amide bonds. The molecule has 1 aromatic heterocycles. The number of pyridine rings is 1. The quantitative estimate of drug-likeness (QED) is 0.283. The summed E-state index contributed by atoms with van der Waals surface area (Å²) >= 11 is 0. The number of benzene rings is 2. The van der Waals surface area contributed by atoms with Crippen molar-refractivity contribution in [2.24, 2.45) is 0 Å². The summed E-state index contributed by atoms with van der Waals surface area (Å²) in [6.45, 7) is 3.96. The first kappa shape index (κ1) is 20.1. The first-order valence-electron chi connectivity index (χ1n) is 9.73. The Balaban J connectivity index is 1.83. The maximum Gasteiger partial charge on any atom is 0.301 e. The maximum absolute atomic E-state index is 13.0. The zero-order valence-electron chi connectivity index (χ0n) is 16.6. The second kappa shape index (κ2) is 8.67. The number of carbonyl (C=O) groups is 2. The fourth-order valence-corrected chi connectivity index (χ4v) is 3.54. The van der Waals surface area contributed by atoms with Crippen molar-refractivity contribution in [2.45, 2.75) is 6.04 Å². The summed E-state index contributed by atoms with van der Waals surface area (Å²) in [5.74, 6) is -0.805. The molecule has 3 aromatic rings. The van der Waals surface area contributed by atoms with Gasteiger partial charge in [0.25, 0.3) is 5.78 Å². The van der Waals surface area contributed by atoms with Gasteiger partial charge in [0.15, 0.2) is 0 Å². The van der Waals surface area contributed by atoms with Crippen LogP contribution in [-0.4, -0.2) is 28.4 Å². The molecule has 0 radical (unpaired) electrons. The molecule has 1 atom stereocenters. The van der Waals surface area contributed by atoms with Crippen LogP contribution in [-0.2, 0) is 9.59 Å². The molecule has 0 bridgehead atoms. The molecule has 4 rings (SSSR count). The number of aromatic nitrogens is 1. The van der Waals surface area contributed by atoms with Crippen molar-refractivity contribution in [1.82, 2.24) is 4.98 Å². The summed E-state index contributed by atoms with van der Waals surface area (Å²) in [6.07, 6.45) is 3.19. The van der Waals surface area contributed by atoms with Crippen molar-refractivity contribution in [1.29, 1.82) is 0 Å². The molecule has 2 aromatic carbocycles. The van der Waals surface area contributed by atoms with Crippen LogP contribution in [0.1, 0.15) is 17.2 Å². The third-order valence-corrected chi connectivity index (χ3v) is 4.95. The van der Waals surface area contributed by atoms with Gasteiger partial charge in [0.1, 0.15) is 23.9 Å². The number of Topliss-reactive ketones (excluding diaryl/α,β-unsaturated/α-hetero) is 1. The lowest BCUT2D eigenvalue weighted by Gasteiger charge is -2.24. The highest BCUT2D eigenvalue weighted by Crippen LogP contribution is 2.41. The van der Waals surface area contributed by atoms with Crippen molar-refractivity contribution in [3.05, 3.63) is 108 Å². The van der Waals surface area contributed by atoms with E-state index >= 15 is 0 Å². The smallest absolute Gasteiger partial charge is 0.301 e. The van der Waals surface area contributed by atoms with Gasteiger partial charge in [0, 0.05) is 11.8 Å². The van der Waals surface area contributed by atoms with E-state index in [1.54, 1.807) is 54.7 Å². The van der Waals surface area contributed by atoms with E-state index in [4.69, 9.17) is 4.74 Å². The van der Waals surface area contributed by atoms with Gasteiger partial charge in [-0.2, -0.15) is 0 Å². The molecule has 1 saturated heterocycles. The van der Waals surface area contributed by atoms with E-state index in [2.05, 4.69) is 11.6 Å². The lowest BCUT2D eigenvalue weighted by molar-refractivity contribution is -0.132. The van der Waals surface area contributed by atoms with Crippen LogP contribution in [0.15, 0.2) is 97.2 Å². The summed E-state index contributed by atoms with van der Waals surface area (Å²) in [7, 11) is 0. The Bertz CT molecular complexity index is 1140. The van der Waals surface area contributed by atoms with Gasteiger partial charge in [0.2, 0.25) is 0 Å².